The zero-order valence-electron chi connectivity index (χ0n) is 12.7. The Morgan fingerprint density at radius 3 is 2.24 bits per heavy atom. The van der Waals surface area contributed by atoms with E-state index in [0.29, 0.717) is 17.2 Å². The molecule has 0 saturated heterocycles. The van der Waals surface area contributed by atoms with Crippen molar-refractivity contribution in [1.29, 1.82) is 0 Å². The first-order chi connectivity index (χ1) is 10.2. The van der Waals surface area contributed by atoms with E-state index in [1.165, 1.54) is 0 Å². The molecule has 1 atom stereocenters. The highest BCUT2D eigenvalue weighted by atomic mass is 32.1. The molecule has 6 heteroatoms. The Bertz CT molecular complexity index is 547. The number of hydrogen-bond donors (Lipinski definition) is 1. The Morgan fingerprint density at radius 1 is 1.14 bits per heavy atom. The fraction of sp³-hybridized carbons (Fsp3) is 0.400. The molecule has 21 heavy (non-hydrogen) atoms. The highest BCUT2D eigenvalue weighted by Gasteiger charge is 2.21. The van der Waals surface area contributed by atoms with Crippen LogP contribution < -0.4 is 19.5 Å². The van der Waals surface area contributed by atoms with Crippen LogP contribution in [0.2, 0.25) is 0 Å². The van der Waals surface area contributed by atoms with Crippen molar-refractivity contribution in [3.63, 3.8) is 0 Å². The number of ether oxygens (including phenoxy) is 3. The first-order valence-electron chi connectivity index (χ1n) is 6.67. The molecule has 1 aromatic carbocycles. The summed E-state index contributed by atoms with van der Waals surface area (Å²) in [7, 11) is 4.84. The third-order valence-electron chi connectivity index (χ3n) is 3.13. The minimum atomic E-state index is 0.00343. The van der Waals surface area contributed by atoms with Crippen LogP contribution >= 0.6 is 11.3 Å². The molecular formula is C15H20N2O3S. The van der Waals surface area contributed by atoms with Crippen LogP contribution in [0, 0.1) is 0 Å². The van der Waals surface area contributed by atoms with E-state index in [2.05, 4.69) is 17.2 Å². The normalized spacial score (nSPS) is 12.0. The fourth-order valence-corrected chi connectivity index (χ4v) is 2.94. The van der Waals surface area contributed by atoms with Gasteiger partial charge >= 0.3 is 0 Å². The van der Waals surface area contributed by atoms with E-state index in [4.69, 9.17) is 14.2 Å². The molecule has 0 radical (unpaired) electrons. The molecule has 0 saturated carbocycles. The SMILES string of the molecule is CCNC(c1cc(OC)c(OC)c(OC)c1)c1nccs1. The highest BCUT2D eigenvalue weighted by Crippen LogP contribution is 2.40. The minimum Gasteiger partial charge on any atom is -0.493 e. The van der Waals surface area contributed by atoms with Gasteiger partial charge in [-0.05, 0) is 24.2 Å². The van der Waals surface area contributed by atoms with Crippen molar-refractivity contribution in [2.75, 3.05) is 27.9 Å². The summed E-state index contributed by atoms with van der Waals surface area (Å²) in [5.74, 6) is 1.88. The van der Waals surface area contributed by atoms with Crippen molar-refractivity contribution < 1.29 is 14.2 Å². The molecule has 0 spiro atoms. The minimum absolute atomic E-state index is 0.00343. The summed E-state index contributed by atoms with van der Waals surface area (Å²) in [6, 6.07) is 3.91. The predicted octanol–water partition coefficient (Wildman–Crippen LogP) is 2.87. The van der Waals surface area contributed by atoms with E-state index < -0.39 is 0 Å². The number of benzene rings is 1. The molecule has 0 aliphatic carbocycles. The molecule has 0 bridgehead atoms. The van der Waals surface area contributed by atoms with Crippen molar-refractivity contribution in [2.24, 2.45) is 0 Å². The lowest BCUT2D eigenvalue weighted by molar-refractivity contribution is 0.323. The maximum Gasteiger partial charge on any atom is 0.203 e. The van der Waals surface area contributed by atoms with Gasteiger partial charge in [0.15, 0.2) is 11.5 Å². The highest BCUT2D eigenvalue weighted by molar-refractivity contribution is 7.09. The average molecular weight is 308 g/mol. The molecule has 2 rings (SSSR count). The average Bonchev–Trinajstić information content (AvgIpc) is 3.05. The Hall–Kier alpha value is -1.79. The van der Waals surface area contributed by atoms with E-state index in [9.17, 15) is 0 Å². The molecule has 0 fully saturated rings. The molecule has 0 aliphatic heterocycles. The second kappa shape index (κ2) is 7.28. The summed E-state index contributed by atoms with van der Waals surface area (Å²) in [4.78, 5) is 4.41. The number of nitrogens with one attached hydrogen (secondary N) is 1. The van der Waals surface area contributed by atoms with Crippen LogP contribution in [0.15, 0.2) is 23.7 Å². The summed E-state index contributed by atoms with van der Waals surface area (Å²) in [6.07, 6.45) is 1.81. The van der Waals surface area contributed by atoms with Gasteiger partial charge in [-0.1, -0.05) is 6.92 Å². The number of methoxy groups -OCH3 is 3. The number of hydrogen-bond acceptors (Lipinski definition) is 6. The molecule has 5 nitrogen and oxygen atoms in total. The lowest BCUT2D eigenvalue weighted by Gasteiger charge is -2.19. The van der Waals surface area contributed by atoms with Crippen LogP contribution in [0.25, 0.3) is 0 Å². The van der Waals surface area contributed by atoms with Crippen LogP contribution in [0.5, 0.6) is 17.2 Å². The van der Waals surface area contributed by atoms with Gasteiger partial charge in [-0.2, -0.15) is 0 Å². The van der Waals surface area contributed by atoms with Gasteiger partial charge in [0.1, 0.15) is 5.01 Å². The third kappa shape index (κ3) is 3.28. The zero-order valence-corrected chi connectivity index (χ0v) is 13.5. The van der Waals surface area contributed by atoms with Gasteiger partial charge in [-0.3, -0.25) is 0 Å². The van der Waals surface area contributed by atoms with E-state index in [0.717, 1.165) is 17.1 Å². The first kappa shape index (κ1) is 15.6. The number of nitrogens with zero attached hydrogens (tertiary/aromatic N) is 1. The smallest absolute Gasteiger partial charge is 0.203 e. The molecule has 114 valence electrons. The summed E-state index contributed by atoms with van der Waals surface area (Å²) >= 11 is 1.62. The Balaban J connectivity index is 2.50. The second-order valence-corrected chi connectivity index (χ2v) is 5.25. The molecule has 1 unspecified atom stereocenters. The standard InChI is InChI=1S/C15H20N2O3S/c1-5-16-13(15-17-6-7-21-15)10-8-11(18-2)14(20-4)12(9-10)19-3/h6-9,13,16H,5H2,1-4H3. The molecule has 1 heterocycles. The van der Waals surface area contributed by atoms with E-state index >= 15 is 0 Å². The van der Waals surface area contributed by atoms with Gasteiger partial charge in [0.2, 0.25) is 5.75 Å². The van der Waals surface area contributed by atoms with Crippen molar-refractivity contribution in [3.8, 4) is 17.2 Å². The monoisotopic (exact) mass is 308 g/mol. The fourth-order valence-electron chi connectivity index (χ4n) is 2.20. The van der Waals surface area contributed by atoms with E-state index in [1.807, 2.05) is 23.7 Å². The number of aromatic nitrogens is 1. The lowest BCUT2D eigenvalue weighted by atomic mass is 10.1. The molecule has 1 aromatic heterocycles. The lowest BCUT2D eigenvalue weighted by Crippen LogP contribution is -2.22. The summed E-state index contributed by atoms with van der Waals surface area (Å²) in [6.45, 7) is 2.90. The van der Waals surface area contributed by atoms with Gasteiger partial charge < -0.3 is 19.5 Å². The summed E-state index contributed by atoms with van der Waals surface area (Å²) < 4.78 is 16.2. The maximum atomic E-state index is 5.42. The van der Waals surface area contributed by atoms with Gasteiger partial charge in [0, 0.05) is 11.6 Å². The second-order valence-electron chi connectivity index (χ2n) is 4.32. The van der Waals surface area contributed by atoms with Crippen LogP contribution in [-0.4, -0.2) is 32.9 Å². The van der Waals surface area contributed by atoms with Crippen molar-refractivity contribution >= 4 is 11.3 Å². The van der Waals surface area contributed by atoms with Crippen LogP contribution in [0.3, 0.4) is 0 Å². The summed E-state index contributed by atoms with van der Waals surface area (Å²) in [5.41, 5.74) is 1.03. The number of rotatable bonds is 7. The van der Waals surface area contributed by atoms with E-state index in [-0.39, 0.29) is 6.04 Å². The van der Waals surface area contributed by atoms with Crippen molar-refractivity contribution in [3.05, 3.63) is 34.3 Å². The zero-order chi connectivity index (χ0) is 15.2. The Labute approximate surface area is 128 Å². The maximum absolute atomic E-state index is 5.42. The van der Waals surface area contributed by atoms with Crippen LogP contribution in [-0.2, 0) is 0 Å². The number of thiazole rings is 1. The molecule has 2 aromatic rings. The van der Waals surface area contributed by atoms with Crippen LogP contribution in [0.1, 0.15) is 23.5 Å². The largest absolute Gasteiger partial charge is 0.493 e. The first-order valence-corrected chi connectivity index (χ1v) is 7.55. The van der Waals surface area contributed by atoms with E-state index in [1.54, 1.807) is 32.7 Å². The Kier molecular flexibility index (Phi) is 5.41. The summed E-state index contributed by atoms with van der Waals surface area (Å²) in [5, 5.41) is 6.41. The van der Waals surface area contributed by atoms with Gasteiger partial charge in [-0.15, -0.1) is 11.3 Å². The van der Waals surface area contributed by atoms with Crippen molar-refractivity contribution in [2.45, 2.75) is 13.0 Å². The molecule has 0 aliphatic rings. The predicted molar refractivity (Wildman–Crippen MR) is 83.7 cm³/mol. The molecule has 0 amide bonds. The molecule has 1 N–H and O–H groups in total. The molecular weight excluding hydrogens is 288 g/mol. The quantitative estimate of drug-likeness (QED) is 0.852. The van der Waals surface area contributed by atoms with Gasteiger partial charge in [0.25, 0.3) is 0 Å². The third-order valence-corrected chi connectivity index (χ3v) is 3.97. The van der Waals surface area contributed by atoms with Crippen LogP contribution in [0.4, 0.5) is 0 Å². The topological polar surface area (TPSA) is 52.6 Å². The van der Waals surface area contributed by atoms with Gasteiger partial charge in [-0.25, -0.2) is 4.98 Å². The van der Waals surface area contributed by atoms with Crippen molar-refractivity contribution in [1.82, 2.24) is 10.3 Å². The van der Waals surface area contributed by atoms with Gasteiger partial charge in [0.05, 0.1) is 27.4 Å². The Morgan fingerprint density at radius 2 is 1.81 bits per heavy atom.